The minimum absolute atomic E-state index is 0.0156. The summed E-state index contributed by atoms with van der Waals surface area (Å²) in [5.74, 6) is 0.0156. The zero-order valence-corrected chi connectivity index (χ0v) is 7.05. The van der Waals surface area contributed by atoms with Gasteiger partial charge in [0, 0.05) is 20.7 Å². The van der Waals surface area contributed by atoms with Gasteiger partial charge in [0.1, 0.15) is 6.10 Å². The maximum atomic E-state index is 11.0. The normalized spacial score (nSPS) is 12.8. The lowest BCUT2D eigenvalue weighted by Gasteiger charge is -2.15. The Morgan fingerprint density at radius 1 is 1.60 bits per heavy atom. The van der Waals surface area contributed by atoms with Gasteiger partial charge in [-0.05, 0) is 13.8 Å². The summed E-state index contributed by atoms with van der Waals surface area (Å²) in [4.78, 5) is 12.6. The van der Waals surface area contributed by atoms with Gasteiger partial charge in [-0.15, -0.1) is 0 Å². The molecule has 0 aromatic heterocycles. The Kier molecular flexibility index (Phi) is 4.03. The third-order valence-corrected chi connectivity index (χ3v) is 1.21. The van der Waals surface area contributed by atoms with Gasteiger partial charge in [-0.2, -0.15) is 0 Å². The molecule has 0 radical (unpaired) electrons. The molecule has 0 saturated heterocycles. The van der Waals surface area contributed by atoms with E-state index in [1.807, 2.05) is 6.92 Å². The zero-order chi connectivity index (χ0) is 8.15. The van der Waals surface area contributed by atoms with E-state index in [4.69, 9.17) is 4.74 Å². The standard InChI is InChI=1S/C7H15NO2/c1-5-10-6(2)7(9)8(3)4/h6H,5H2,1-4H3. The van der Waals surface area contributed by atoms with Crippen LogP contribution in [0.25, 0.3) is 0 Å². The number of nitrogens with zero attached hydrogens (tertiary/aromatic N) is 1. The van der Waals surface area contributed by atoms with Gasteiger partial charge in [-0.1, -0.05) is 0 Å². The SMILES string of the molecule is CCOC(C)C(=O)N(C)C. The second-order valence-electron chi connectivity index (χ2n) is 2.33. The molecule has 1 atom stereocenters. The summed E-state index contributed by atoms with van der Waals surface area (Å²) >= 11 is 0. The third kappa shape index (κ3) is 2.82. The maximum absolute atomic E-state index is 11.0. The van der Waals surface area contributed by atoms with Gasteiger partial charge in [0.2, 0.25) is 0 Å². The van der Waals surface area contributed by atoms with Crippen LogP contribution in [-0.2, 0) is 9.53 Å². The molecule has 0 aliphatic heterocycles. The van der Waals surface area contributed by atoms with Gasteiger partial charge in [0.15, 0.2) is 0 Å². The van der Waals surface area contributed by atoms with E-state index in [9.17, 15) is 4.79 Å². The minimum Gasteiger partial charge on any atom is -0.369 e. The van der Waals surface area contributed by atoms with Crippen molar-refractivity contribution < 1.29 is 9.53 Å². The van der Waals surface area contributed by atoms with E-state index < -0.39 is 0 Å². The molecule has 0 aromatic carbocycles. The highest BCUT2D eigenvalue weighted by atomic mass is 16.5. The maximum Gasteiger partial charge on any atom is 0.250 e. The van der Waals surface area contributed by atoms with Gasteiger partial charge in [-0.25, -0.2) is 0 Å². The van der Waals surface area contributed by atoms with Crippen molar-refractivity contribution >= 4 is 5.91 Å². The van der Waals surface area contributed by atoms with Gasteiger partial charge >= 0.3 is 0 Å². The van der Waals surface area contributed by atoms with E-state index in [1.54, 1.807) is 21.0 Å². The summed E-state index contributed by atoms with van der Waals surface area (Å²) < 4.78 is 5.07. The molecular formula is C7H15NO2. The Morgan fingerprint density at radius 2 is 2.10 bits per heavy atom. The summed E-state index contributed by atoms with van der Waals surface area (Å²) in [5, 5.41) is 0. The van der Waals surface area contributed by atoms with Crippen molar-refractivity contribution in [2.24, 2.45) is 0 Å². The molecule has 0 aliphatic carbocycles. The fraction of sp³-hybridized carbons (Fsp3) is 0.857. The van der Waals surface area contributed by atoms with Crippen molar-refractivity contribution in [2.45, 2.75) is 20.0 Å². The van der Waals surface area contributed by atoms with Crippen molar-refractivity contribution in [1.29, 1.82) is 0 Å². The highest BCUT2D eigenvalue weighted by molar-refractivity contribution is 5.79. The predicted octanol–water partition coefficient (Wildman–Crippen LogP) is 0.500. The number of ether oxygens (including phenoxy) is 1. The molecule has 0 aliphatic rings. The van der Waals surface area contributed by atoms with Gasteiger partial charge in [-0.3, -0.25) is 4.79 Å². The average Bonchev–Trinajstić information content (AvgIpc) is 1.87. The Bertz CT molecular complexity index is 112. The molecule has 0 heterocycles. The topological polar surface area (TPSA) is 29.5 Å². The van der Waals surface area contributed by atoms with Gasteiger partial charge < -0.3 is 9.64 Å². The molecule has 0 rings (SSSR count). The quantitative estimate of drug-likeness (QED) is 0.578. The molecule has 0 fully saturated rings. The second-order valence-corrected chi connectivity index (χ2v) is 2.33. The van der Waals surface area contributed by atoms with E-state index in [0.717, 1.165) is 0 Å². The van der Waals surface area contributed by atoms with Crippen LogP contribution in [-0.4, -0.2) is 37.6 Å². The summed E-state index contributed by atoms with van der Waals surface area (Å²) in [6, 6.07) is 0. The summed E-state index contributed by atoms with van der Waals surface area (Å²) in [6.45, 7) is 4.21. The van der Waals surface area contributed by atoms with Crippen LogP contribution in [0.3, 0.4) is 0 Å². The number of carbonyl (C=O) groups is 1. The first-order valence-corrected chi connectivity index (χ1v) is 3.42. The molecule has 0 bridgehead atoms. The van der Waals surface area contributed by atoms with Crippen LogP contribution >= 0.6 is 0 Å². The molecule has 60 valence electrons. The summed E-state index contributed by atoms with van der Waals surface area (Å²) in [6.07, 6.45) is -0.306. The molecule has 0 saturated carbocycles. The third-order valence-electron chi connectivity index (χ3n) is 1.21. The van der Waals surface area contributed by atoms with Crippen LogP contribution in [0.2, 0.25) is 0 Å². The molecule has 0 N–H and O–H groups in total. The molecule has 10 heavy (non-hydrogen) atoms. The molecular weight excluding hydrogens is 130 g/mol. The number of hydrogen-bond donors (Lipinski definition) is 0. The lowest BCUT2D eigenvalue weighted by Crippen LogP contribution is -2.33. The van der Waals surface area contributed by atoms with Crippen LogP contribution in [0.1, 0.15) is 13.8 Å². The van der Waals surface area contributed by atoms with Crippen LogP contribution in [0.15, 0.2) is 0 Å². The van der Waals surface area contributed by atoms with E-state index >= 15 is 0 Å². The molecule has 3 nitrogen and oxygen atoms in total. The second kappa shape index (κ2) is 4.28. The first-order valence-electron chi connectivity index (χ1n) is 3.42. The van der Waals surface area contributed by atoms with Crippen LogP contribution < -0.4 is 0 Å². The number of carbonyl (C=O) groups excluding carboxylic acids is 1. The average molecular weight is 145 g/mol. The zero-order valence-electron chi connectivity index (χ0n) is 7.05. The van der Waals surface area contributed by atoms with Gasteiger partial charge in [0.05, 0.1) is 0 Å². The van der Waals surface area contributed by atoms with E-state index in [-0.39, 0.29) is 12.0 Å². The Labute approximate surface area is 62.0 Å². The summed E-state index contributed by atoms with van der Waals surface area (Å²) in [7, 11) is 3.44. The molecule has 1 amide bonds. The Balaban J connectivity index is 3.71. The Morgan fingerprint density at radius 3 is 2.40 bits per heavy atom. The number of rotatable bonds is 3. The lowest BCUT2D eigenvalue weighted by atomic mass is 10.3. The minimum atomic E-state index is -0.306. The first-order chi connectivity index (χ1) is 4.59. The molecule has 0 aromatic rings. The first kappa shape index (κ1) is 9.43. The fourth-order valence-electron chi connectivity index (χ4n) is 0.685. The van der Waals surface area contributed by atoms with Crippen molar-refractivity contribution in [3.63, 3.8) is 0 Å². The van der Waals surface area contributed by atoms with E-state index in [2.05, 4.69) is 0 Å². The van der Waals surface area contributed by atoms with Crippen molar-refractivity contribution in [3.8, 4) is 0 Å². The molecule has 1 unspecified atom stereocenters. The largest absolute Gasteiger partial charge is 0.369 e. The van der Waals surface area contributed by atoms with Crippen LogP contribution in [0, 0.1) is 0 Å². The monoisotopic (exact) mass is 145 g/mol. The number of amides is 1. The van der Waals surface area contributed by atoms with Crippen molar-refractivity contribution in [1.82, 2.24) is 4.90 Å². The Hall–Kier alpha value is -0.570. The lowest BCUT2D eigenvalue weighted by molar-refractivity contribution is -0.139. The van der Waals surface area contributed by atoms with Crippen molar-refractivity contribution in [2.75, 3.05) is 20.7 Å². The summed E-state index contributed by atoms with van der Waals surface area (Å²) in [5.41, 5.74) is 0. The number of likely N-dealkylation sites (N-methyl/N-ethyl adjacent to an activating group) is 1. The van der Waals surface area contributed by atoms with Crippen molar-refractivity contribution in [3.05, 3.63) is 0 Å². The van der Waals surface area contributed by atoms with Gasteiger partial charge in [0.25, 0.3) is 5.91 Å². The highest BCUT2D eigenvalue weighted by Gasteiger charge is 2.13. The van der Waals surface area contributed by atoms with E-state index in [0.29, 0.717) is 6.61 Å². The predicted molar refractivity (Wildman–Crippen MR) is 39.8 cm³/mol. The van der Waals surface area contributed by atoms with E-state index in [1.165, 1.54) is 4.90 Å². The highest BCUT2D eigenvalue weighted by Crippen LogP contribution is 1.93. The van der Waals surface area contributed by atoms with Crippen LogP contribution in [0.5, 0.6) is 0 Å². The number of hydrogen-bond acceptors (Lipinski definition) is 2. The fourth-order valence-corrected chi connectivity index (χ4v) is 0.685. The smallest absolute Gasteiger partial charge is 0.250 e. The molecule has 3 heteroatoms. The van der Waals surface area contributed by atoms with Crippen LogP contribution in [0.4, 0.5) is 0 Å². The molecule has 0 spiro atoms.